The van der Waals surface area contributed by atoms with Gasteiger partial charge in [0.25, 0.3) is 0 Å². The van der Waals surface area contributed by atoms with Gasteiger partial charge in [-0.2, -0.15) is 0 Å². The fourth-order valence-electron chi connectivity index (χ4n) is 0.878. The van der Waals surface area contributed by atoms with E-state index in [-0.39, 0.29) is 0 Å². The molecule has 0 spiro atoms. The molecular formula is C8H16N. The Morgan fingerprint density at radius 2 is 2.22 bits per heavy atom. The van der Waals surface area contributed by atoms with Gasteiger partial charge in [-0.1, -0.05) is 13.3 Å². The van der Waals surface area contributed by atoms with Gasteiger partial charge in [-0.3, -0.25) is 0 Å². The fraction of sp³-hybridized carbons (Fsp3) is 0.875. The first-order valence-corrected chi connectivity index (χ1v) is 3.93. The summed E-state index contributed by atoms with van der Waals surface area (Å²) in [4.78, 5) is 0. The molecule has 1 heteroatoms. The highest BCUT2D eigenvalue weighted by Gasteiger charge is 2.19. The molecule has 0 heterocycles. The van der Waals surface area contributed by atoms with E-state index in [0.29, 0.717) is 0 Å². The molecular weight excluding hydrogens is 110 g/mol. The summed E-state index contributed by atoms with van der Waals surface area (Å²) in [5, 5.41) is 3.41. The molecule has 0 aliphatic heterocycles. The Morgan fingerprint density at radius 1 is 1.44 bits per heavy atom. The molecule has 0 saturated heterocycles. The predicted molar refractivity (Wildman–Crippen MR) is 40.2 cm³/mol. The molecule has 1 nitrogen and oxygen atoms in total. The van der Waals surface area contributed by atoms with Crippen LogP contribution in [-0.4, -0.2) is 13.1 Å². The van der Waals surface area contributed by atoms with E-state index in [0.717, 1.165) is 12.3 Å². The molecule has 0 aromatic heterocycles. The summed E-state index contributed by atoms with van der Waals surface area (Å²) in [7, 11) is 0. The summed E-state index contributed by atoms with van der Waals surface area (Å²) >= 11 is 0. The van der Waals surface area contributed by atoms with Crippen molar-refractivity contribution in [3.63, 3.8) is 0 Å². The van der Waals surface area contributed by atoms with E-state index in [1.165, 1.54) is 32.4 Å². The summed E-state index contributed by atoms with van der Waals surface area (Å²) in [5.41, 5.74) is 0. The average Bonchev–Trinajstić information content (AvgIpc) is 2.63. The van der Waals surface area contributed by atoms with E-state index in [2.05, 4.69) is 12.2 Å². The third kappa shape index (κ3) is 3.52. The lowest BCUT2D eigenvalue weighted by molar-refractivity contribution is 0.616. The summed E-state index contributed by atoms with van der Waals surface area (Å²) in [6.07, 6.45) is 5.21. The van der Waals surface area contributed by atoms with Gasteiger partial charge in [-0.15, -0.1) is 0 Å². The lowest BCUT2D eigenvalue weighted by Crippen LogP contribution is -2.17. The number of hydrogen-bond donors (Lipinski definition) is 1. The molecule has 1 N–H and O–H groups in total. The third-order valence-corrected chi connectivity index (χ3v) is 1.73. The molecule has 0 aromatic rings. The molecule has 0 atom stereocenters. The van der Waals surface area contributed by atoms with Crippen molar-refractivity contribution in [2.45, 2.75) is 25.7 Å². The highest BCUT2D eigenvalue weighted by molar-refractivity contribution is 4.74. The molecule has 0 unspecified atom stereocenters. The van der Waals surface area contributed by atoms with Crippen molar-refractivity contribution in [3.8, 4) is 0 Å². The van der Waals surface area contributed by atoms with Crippen LogP contribution in [0.5, 0.6) is 0 Å². The molecule has 0 bridgehead atoms. The highest BCUT2D eigenvalue weighted by Crippen LogP contribution is 2.27. The van der Waals surface area contributed by atoms with Gasteiger partial charge in [-0.05, 0) is 38.3 Å². The molecule has 1 saturated carbocycles. The number of unbranched alkanes of at least 4 members (excludes halogenated alkanes) is 1. The Balaban J connectivity index is 1.71. The number of nitrogens with one attached hydrogen (secondary N) is 1. The minimum Gasteiger partial charge on any atom is -0.316 e. The first kappa shape index (κ1) is 7.07. The standard InChI is InChI=1S/C8H16N/c1-2-3-6-9-7-8-4-5-8/h8-9H,1-7H2. The first-order valence-electron chi connectivity index (χ1n) is 3.93. The largest absolute Gasteiger partial charge is 0.316 e. The van der Waals surface area contributed by atoms with Crippen LogP contribution < -0.4 is 5.32 Å². The van der Waals surface area contributed by atoms with Gasteiger partial charge in [0.2, 0.25) is 0 Å². The van der Waals surface area contributed by atoms with E-state index in [4.69, 9.17) is 0 Å². The van der Waals surface area contributed by atoms with Crippen LogP contribution in [0.15, 0.2) is 0 Å². The SMILES string of the molecule is [CH2]CCCNCC1CC1. The first-order chi connectivity index (χ1) is 4.43. The van der Waals surface area contributed by atoms with Crippen molar-refractivity contribution in [3.05, 3.63) is 6.92 Å². The zero-order chi connectivity index (χ0) is 6.53. The second-order valence-electron chi connectivity index (χ2n) is 2.85. The van der Waals surface area contributed by atoms with Crippen molar-refractivity contribution in [2.24, 2.45) is 5.92 Å². The summed E-state index contributed by atoms with van der Waals surface area (Å²) in [6, 6.07) is 0. The van der Waals surface area contributed by atoms with Gasteiger partial charge in [0.05, 0.1) is 0 Å². The van der Waals surface area contributed by atoms with Gasteiger partial charge >= 0.3 is 0 Å². The average molecular weight is 126 g/mol. The molecule has 0 aromatic carbocycles. The van der Waals surface area contributed by atoms with Crippen LogP contribution in [0.3, 0.4) is 0 Å². The van der Waals surface area contributed by atoms with Crippen molar-refractivity contribution in [1.29, 1.82) is 0 Å². The topological polar surface area (TPSA) is 12.0 Å². The van der Waals surface area contributed by atoms with E-state index < -0.39 is 0 Å². The summed E-state index contributed by atoms with van der Waals surface area (Å²) in [5.74, 6) is 1.02. The maximum absolute atomic E-state index is 3.78. The van der Waals surface area contributed by atoms with E-state index >= 15 is 0 Å². The fourth-order valence-corrected chi connectivity index (χ4v) is 0.878. The second kappa shape index (κ2) is 3.89. The monoisotopic (exact) mass is 126 g/mol. The van der Waals surface area contributed by atoms with E-state index in [1.54, 1.807) is 0 Å². The molecule has 53 valence electrons. The van der Waals surface area contributed by atoms with Crippen molar-refractivity contribution < 1.29 is 0 Å². The third-order valence-electron chi connectivity index (χ3n) is 1.73. The second-order valence-corrected chi connectivity index (χ2v) is 2.85. The van der Waals surface area contributed by atoms with Crippen molar-refractivity contribution >= 4 is 0 Å². The Labute approximate surface area is 57.8 Å². The smallest absolute Gasteiger partial charge is 0.00205 e. The van der Waals surface area contributed by atoms with Gasteiger partial charge in [0, 0.05) is 0 Å². The lowest BCUT2D eigenvalue weighted by atomic mass is 10.3. The number of hydrogen-bond acceptors (Lipinski definition) is 1. The molecule has 1 aliphatic rings. The van der Waals surface area contributed by atoms with Gasteiger partial charge in [0.15, 0.2) is 0 Å². The molecule has 1 fully saturated rings. The zero-order valence-corrected chi connectivity index (χ0v) is 6.03. The Hall–Kier alpha value is -0.0400. The van der Waals surface area contributed by atoms with Crippen LogP contribution >= 0.6 is 0 Å². The summed E-state index contributed by atoms with van der Waals surface area (Å²) in [6.45, 7) is 6.19. The Morgan fingerprint density at radius 3 is 2.78 bits per heavy atom. The molecule has 1 aliphatic carbocycles. The van der Waals surface area contributed by atoms with Crippen molar-refractivity contribution in [2.75, 3.05) is 13.1 Å². The highest BCUT2D eigenvalue weighted by atomic mass is 14.9. The van der Waals surface area contributed by atoms with Crippen LogP contribution in [0.2, 0.25) is 0 Å². The summed E-state index contributed by atoms with van der Waals surface area (Å²) < 4.78 is 0. The molecule has 9 heavy (non-hydrogen) atoms. The maximum Gasteiger partial charge on any atom is -0.00205 e. The van der Waals surface area contributed by atoms with Gasteiger partial charge in [-0.25, -0.2) is 0 Å². The van der Waals surface area contributed by atoms with E-state index in [1.807, 2.05) is 0 Å². The number of rotatable bonds is 5. The quantitative estimate of drug-likeness (QED) is 0.552. The van der Waals surface area contributed by atoms with E-state index in [9.17, 15) is 0 Å². The van der Waals surface area contributed by atoms with Crippen LogP contribution in [0, 0.1) is 12.8 Å². The minimum atomic E-state index is 1.02. The van der Waals surface area contributed by atoms with Crippen LogP contribution in [-0.2, 0) is 0 Å². The molecule has 1 radical (unpaired) electrons. The van der Waals surface area contributed by atoms with Gasteiger partial charge in [0.1, 0.15) is 0 Å². The van der Waals surface area contributed by atoms with Crippen molar-refractivity contribution in [1.82, 2.24) is 5.32 Å². The lowest BCUT2D eigenvalue weighted by Gasteiger charge is -1.99. The zero-order valence-electron chi connectivity index (χ0n) is 6.03. The van der Waals surface area contributed by atoms with Crippen LogP contribution in [0.1, 0.15) is 25.7 Å². The minimum absolute atomic E-state index is 1.02. The maximum atomic E-state index is 3.78. The molecule has 1 rings (SSSR count). The van der Waals surface area contributed by atoms with Gasteiger partial charge < -0.3 is 5.32 Å². The Kier molecular flexibility index (Phi) is 3.05. The predicted octanol–water partition coefficient (Wildman–Crippen LogP) is 1.60. The molecule has 0 amide bonds. The van der Waals surface area contributed by atoms with Crippen LogP contribution in [0.25, 0.3) is 0 Å². The Bertz CT molecular complexity index is 67.0. The normalized spacial score (nSPS) is 18.3. The van der Waals surface area contributed by atoms with Crippen LogP contribution in [0.4, 0.5) is 0 Å².